The number of nitrogens with one attached hydrogen (secondary N) is 1. The summed E-state index contributed by atoms with van der Waals surface area (Å²) in [6.45, 7) is 1.93. The number of aliphatic hydroxyl groups is 1. The monoisotopic (exact) mass is 337 g/mol. The standard InChI is InChI=1S/C16H19NO5S/c1-12-3-6-14(7-4-12)23(19,20)17-15-8-5-13(22-10-9-18)11-16(15)21-2/h3-8,11,17-18H,9-10H2,1-2H3. The highest BCUT2D eigenvalue weighted by molar-refractivity contribution is 7.92. The molecule has 0 saturated heterocycles. The first-order valence-corrected chi connectivity index (χ1v) is 8.46. The molecule has 0 radical (unpaired) electrons. The van der Waals surface area contributed by atoms with Gasteiger partial charge in [0.05, 0.1) is 24.3 Å². The molecular weight excluding hydrogens is 318 g/mol. The summed E-state index contributed by atoms with van der Waals surface area (Å²) in [7, 11) is -2.26. The van der Waals surface area contributed by atoms with E-state index in [1.165, 1.54) is 7.11 Å². The number of ether oxygens (including phenoxy) is 2. The zero-order chi connectivity index (χ0) is 16.9. The molecule has 6 nitrogen and oxygen atoms in total. The molecule has 0 bridgehead atoms. The van der Waals surface area contributed by atoms with Crippen LogP contribution in [0.3, 0.4) is 0 Å². The van der Waals surface area contributed by atoms with Crippen LogP contribution in [0.15, 0.2) is 47.4 Å². The lowest BCUT2D eigenvalue weighted by atomic mass is 10.2. The number of anilines is 1. The SMILES string of the molecule is COc1cc(OCCO)ccc1NS(=O)(=O)c1ccc(C)cc1. The van der Waals surface area contributed by atoms with Crippen LogP contribution in [0.4, 0.5) is 5.69 Å². The van der Waals surface area contributed by atoms with E-state index < -0.39 is 10.0 Å². The van der Waals surface area contributed by atoms with E-state index in [-0.39, 0.29) is 18.1 Å². The summed E-state index contributed by atoms with van der Waals surface area (Å²) in [5.41, 5.74) is 1.29. The normalized spacial score (nSPS) is 11.1. The van der Waals surface area contributed by atoms with Crippen LogP contribution in [0.5, 0.6) is 11.5 Å². The van der Waals surface area contributed by atoms with Gasteiger partial charge in [-0.05, 0) is 31.2 Å². The number of hydrogen-bond donors (Lipinski definition) is 2. The fraction of sp³-hybridized carbons (Fsp3) is 0.250. The Morgan fingerprint density at radius 1 is 1.13 bits per heavy atom. The van der Waals surface area contributed by atoms with Gasteiger partial charge in [0.2, 0.25) is 0 Å². The van der Waals surface area contributed by atoms with Gasteiger partial charge in [-0.2, -0.15) is 0 Å². The molecule has 2 rings (SSSR count). The fourth-order valence-corrected chi connectivity index (χ4v) is 3.00. The van der Waals surface area contributed by atoms with Gasteiger partial charge in [-0.3, -0.25) is 4.72 Å². The van der Waals surface area contributed by atoms with Gasteiger partial charge in [0.15, 0.2) is 0 Å². The first-order valence-electron chi connectivity index (χ1n) is 6.97. The zero-order valence-corrected chi connectivity index (χ0v) is 13.8. The quantitative estimate of drug-likeness (QED) is 0.809. The van der Waals surface area contributed by atoms with E-state index in [4.69, 9.17) is 14.6 Å². The van der Waals surface area contributed by atoms with Crippen molar-refractivity contribution in [2.45, 2.75) is 11.8 Å². The topological polar surface area (TPSA) is 84.9 Å². The van der Waals surface area contributed by atoms with Crippen LogP contribution in [-0.4, -0.2) is 33.8 Å². The predicted octanol–water partition coefficient (Wildman–Crippen LogP) is 2.18. The lowest BCUT2D eigenvalue weighted by Gasteiger charge is -2.13. The minimum Gasteiger partial charge on any atom is -0.494 e. The third kappa shape index (κ3) is 4.37. The van der Waals surface area contributed by atoms with Crippen molar-refractivity contribution < 1.29 is 23.0 Å². The molecule has 0 aromatic heterocycles. The molecule has 0 atom stereocenters. The minimum atomic E-state index is -3.70. The van der Waals surface area contributed by atoms with Crippen LogP contribution < -0.4 is 14.2 Å². The molecule has 124 valence electrons. The lowest BCUT2D eigenvalue weighted by Crippen LogP contribution is -2.13. The molecule has 2 aromatic carbocycles. The first-order chi connectivity index (χ1) is 11.0. The molecule has 2 aromatic rings. The fourth-order valence-electron chi connectivity index (χ4n) is 1.93. The number of rotatable bonds is 7. The van der Waals surface area contributed by atoms with Crippen molar-refractivity contribution in [1.29, 1.82) is 0 Å². The average molecular weight is 337 g/mol. The number of aryl methyl sites for hydroxylation is 1. The third-order valence-electron chi connectivity index (χ3n) is 3.11. The van der Waals surface area contributed by atoms with E-state index >= 15 is 0 Å². The molecule has 0 spiro atoms. The minimum absolute atomic E-state index is 0.107. The van der Waals surface area contributed by atoms with Gasteiger partial charge in [-0.1, -0.05) is 17.7 Å². The Bertz CT molecular complexity index is 757. The highest BCUT2D eigenvalue weighted by atomic mass is 32.2. The van der Waals surface area contributed by atoms with Gasteiger partial charge in [-0.15, -0.1) is 0 Å². The van der Waals surface area contributed by atoms with Crippen LogP contribution in [-0.2, 0) is 10.0 Å². The summed E-state index contributed by atoms with van der Waals surface area (Å²) in [6.07, 6.45) is 0. The van der Waals surface area contributed by atoms with Gasteiger partial charge in [0, 0.05) is 6.07 Å². The van der Waals surface area contributed by atoms with Crippen molar-refractivity contribution in [2.75, 3.05) is 25.0 Å². The molecule has 0 aliphatic heterocycles. The van der Waals surface area contributed by atoms with E-state index in [1.807, 2.05) is 6.92 Å². The Balaban J connectivity index is 2.26. The molecule has 7 heteroatoms. The second-order valence-electron chi connectivity index (χ2n) is 4.85. The van der Waals surface area contributed by atoms with E-state index in [2.05, 4.69) is 4.72 Å². The Labute approximate surface area is 135 Å². The number of benzene rings is 2. The van der Waals surface area contributed by atoms with E-state index in [1.54, 1.807) is 42.5 Å². The highest BCUT2D eigenvalue weighted by Crippen LogP contribution is 2.31. The molecule has 0 heterocycles. The highest BCUT2D eigenvalue weighted by Gasteiger charge is 2.16. The van der Waals surface area contributed by atoms with Crippen molar-refractivity contribution in [2.24, 2.45) is 0 Å². The van der Waals surface area contributed by atoms with E-state index in [0.29, 0.717) is 17.2 Å². The molecule has 23 heavy (non-hydrogen) atoms. The predicted molar refractivity (Wildman–Crippen MR) is 87.6 cm³/mol. The van der Waals surface area contributed by atoms with Gasteiger partial charge in [0.1, 0.15) is 18.1 Å². The first kappa shape index (κ1) is 17.1. The number of aliphatic hydroxyl groups excluding tert-OH is 1. The maximum absolute atomic E-state index is 12.4. The summed E-state index contributed by atoms with van der Waals surface area (Å²) in [5.74, 6) is 0.810. The Morgan fingerprint density at radius 3 is 2.43 bits per heavy atom. The van der Waals surface area contributed by atoms with Crippen molar-refractivity contribution in [3.8, 4) is 11.5 Å². The molecule has 0 saturated carbocycles. The van der Waals surface area contributed by atoms with E-state index in [9.17, 15) is 8.42 Å². The maximum atomic E-state index is 12.4. The summed E-state index contributed by atoms with van der Waals surface area (Å²) < 4.78 is 37.8. The third-order valence-corrected chi connectivity index (χ3v) is 4.49. The second kappa shape index (κ2) is 7.34. The number of hydrogen-bond acceptors (Lipinski definition) is 5. The average Bonchev–Trinajstić information content (AvgIpc) is 2.54. The van der Waals surface area contributed by atoms with Crippen LogP contribution in [0.2, 0.25) is 0 Å². The summed E-state index contributed by atoms with van der Waals surface area (Å²) in [5, 5.41) is 8.76. The van der Waals surface area contributed by atoms with Crippen molar-refractivity contribution in [1.82, 2.24) is 0 Å². The van der Waals surface area contributed by atoms with Crippen molar-refractivity contribution in [3.63, 3.8) is 0 Å². The van der Waals surface area contributed by atoms with E-state index in [0.717, 1.165) is 5.56 Å². The van der Waals surface area contributed by atoms with Gasteiger partial charge in [-0.25, -0.2) is 8.42 Å². The second-order valence-corrected chi connectivity index (χ2v) is 6.54. The largest absolute Gasteiger partial charge is 0.494 e. The van der Waals surface area contributed by atoms with Crippen LogP contribution in [0, 0.1) is 6.92 Å². The van der Waals surface area contributed by atoms with Gasteiger partial charge < -0.3 is 14.6 Å². The van der Waals surface area contributed by atoms with Gasteiger partial charge in [0.25, 0.3) is 10.0 Å². The Morgan fingerprint density at radius 2 is 1.83 bits per heavy atom. The number of methoxy groups -OCH3 is 1. The summed E-state index contributed by atoms with van der Waals surface area (Å²) >= 11 is 0. The molecule has 0 amide bonds. The van der Waals surface area contributed by atoms with Crippen LogP contribution in [0.25, 0.3) is 0 Å². The number of sulfonamides is 1. The molecule has 0 aliphatic carbocycles. The molecule has 0 aliphatic rings. The smallest absolute Gasteiger partial charge is 0.262 e. The zero-order valence-electron chi connectivity index (χ0n) is 12.9. The molecule has 0 fully saturated rings. The van der Waals surface area contributed by atoms with Crippen LogP contribution >= 0.6 is 0 Å². The molecule has 2 N–H and O–H groups in total. The Hall–Kier alpha value is -2.25. The summed E-state index contributed by atoms with van der Waals surface area (Å²) in [6, 6.07) is 11.3. The molecular formula is C16H19NO5S. The maximum Gasteiger partial charge on any atom is 0.262 e. The van der Waals surface area contributed by atoms with Crippen molar-refractivity contribution in [3.05, 3.63) is 48.0 Å². The lowest BCUT2D eigenvalue weighted by molar-refractivity contribution is 0.201. The summed E-state index contributed by atoms with van der Waals surface area (Å²) in [4.78, 5) is 0.172. The van der Waals surface area contributed by atoms with Crippen LogP contribution in [0.1, 0.15) is 5.56 Å². The van der Waals surface area contributed by atoms with Crippen molar-refractivity contribution >= 4 is 15.7 Å². The van der Waals surface area contributed by atoms with Gasteiger partial charge >= 0.3 is 0 Å². The molecule has 0 unspecified atom stereocenters. The Kier molecular flexibility index (Phi) is 5.46.